The zero-order valence-electron chi connectivity index (χ0n) is 9.53. The standard InChI is InChI=1S/C12H16O2S/c1-12(2,8-13)10-7-9(15-4)5-6-11(10)14-3/h5-8H,1-4H3. The fourth-order valence-electron chi connectivity index (χ4n) is 1.38. The molecule has 0 amide bonds. The van der Waals surface area contributed by atoms with Gasteiger partial charge in [0.25, 0.3) is 0 Å². The second-order valence-corrected chi connectivity index (χ2v) is 4.79. The molecule has 0 saturated heterocycles. The molecule has 0 bridgehead atoms. The van der Waals surface area contributed by atoms with Crippen LogP contribution in [0.25, 0.3) is 0 Å². The molecule has 0 N–H and O–H groups in total. The lowest BCUT2D eigenvalue weighted by Gasteiger charge is -2.21. The number of thioether (sulfide) groups is 1. The second-order valence-electron chi connectivity index (χ2n) is 3.91. The number of methoxy groups -OCH3 is 1. The van der Waals surface area contributed by atoms with Crippen LogP contribution in [0.15, 0.2) is 23.1 Å². The van der Waals surface area contributed by atoms with E-state index in [9.17, 15) is 4.79 Å². The van der Waals surface area contributed by atoms with Crippen molar-refractivity contribution in [2.45, 2.75) is 24.2 Å². The molecule has 0 fully saturated rings. The van der Waals surface area contributed by atoms with E-state index < -0.39 is 5.41 Å². The van der Waals surface area contributed by atoms with E-state index in [1.165, 1.54) is 0 Å². The number of rotatable bonds is 4. The number of carbonyl (C=O) groups excluding carboxylic acids is 1. The number of hydrogen-bond donors (Lipinski definition) is 0. The maximum atomic E-state index is 11.0. The fourth-order valence-corrected chi connectivity index (χ4v) is 1.82. The van der Waals surface area contributed by atoms with Crippen LogP contribution < -0.4 is 4.74 Å². The summed E-state index contributed by atoms with van der Waals surface area (Å²) in [5.74, 6) is 0.768. The van der Waals surface area contributed by atoms with Crippen LogP contribution in [0.2, 0.25) is 0 Å². The average molecular weight is 224 g/mol. The Kier molecular flexibility index (Phi) is 3.80. The predicted octanol–water partition coefficient (Wildman–Crippen LogP) is 2.89. The largest absolute Gasteiger partial charge is 0.496 e. The van der Waals surface area contributed by atoms with Gasteiger partial charge >= 0.3 is 0 Å². The molecule has 1 aromatic rings. The van der Waals surface area contributed by atoms with Crippen LogP contribution in [0, 0.1) is 0 Å². The first-order valence-corrected chi connectivity index (χ1v) is 5.96. The number of hydrogen-bond acceptors (Lipinski definition) is 3. The van der Waals surface area contributed by atoms with Gasteiger partial charge in [-0.05, 0) is 38.3 Å². The van der Waals surface area contributed by atoms with Crippen LogP contribution in [0.1, 0.15) is 19.4 Å². The van der Waals surface area contributed by atoms with E-state index in [0.29, 0.717) is 0 Å². The Labute approximate surface area is 95.0 Å². The fraction of sp³-hybridized carbons (Fsp3) is 0.417. The number of aldehydes is 1. The molecule has 0 heterocycles. The van der Waals surface area contributed by atoms with Crippen LogP contribution in [0.3, 0.4) is 0 Å². The topological polar surface area (TPSA) is 26.3 Å². The average Bonchev–Trinajstić information content (AvgIpc) is 2.28. The molecule has 0 aliphatic carbocycles. The highest BCUT2D eigenvalue weighted by molar-refractivity contribution is 7.98. The van der Waals surface area contributed by atoms with Crippen molar-refractivity contribution in [2.75, 3.05) is 13.4 Å². The van der Waals surface area contributed by atoms with Crippen LogP contribution in [0.5, 0.6) is 5.75 Å². The van der Waals surface area contributed by atoms with Gasteiger partial charge in [-0.25, -0.2) is 0 Å². The first-order chi connectivity index (χ1) is 7.05. The summed E-state index contributed by atoms with van der Waals surface area (Å²) in [7, 11) is 1.62. The number of benzene rings is 1. The Hall–Kier alpha value is -0.960. The van der Waals surface area contributed by atoms with Gasteiger partial charge in [-0.1, -0.05) is 0 Å². The van der Waals surface area contributed by atoms with Gasteiger partial charge in [0.15, 0.2) is 0 Å². The minimum absolute atomic E-state index is 0.503. The van der Waals surface area contributed by atoms with E-state index in [0.717, 1.165) is 22.5 Å². The molecular formula is C12H16O2S. The predicted molar refractivity (Wildman–Crippen MR) is 63.9 cm³/mol. The summed E-state index contributed by atoms with van der Waals surface area (Å²) in [6.45, 7) is 3.78. The lowest BCUT2D eigenvalue weighted by molar-refractivity contribution is -0.111. The van der Waals surface area contributed by atoms with Crippen molar-refractivity contribution in [3.05, 3.63) is 23.8 Å². The van der Waals surface area contributed by atoms with E-state index in [1.54, 1.807) is 18.9 Å². The van der Waals surface area contributed by atoms with E-state index in [4.69, 9.17) is 4.74 Å². The molecule has 0 saturated carbocycles. The third-order valence-electron chi connectivity index (χ3n) is 2.40. The minimum atomic E-state index is -0.503. The Bertz CT molecular complexity index is 359. The van der Waals surface area contributed by atoms with Crippen LogP contribution >= 0.6 is 11.8 Å². The van der Waals surface area contributed by atoms with Gasteiger partial charge in [0, 0.05) is 15.9 Å². The lowest BCUT2D eigenvalue weighted by Crippen LogP contribution is -2.19. The number of ether oxygens (including phenoxy) is 1. The van der Waals surface area contributed by atoms with Crippen molar-refractivity contribution in [1.29, 1.82) is 0 Å². The first kappa shape index (κ1) is 12.1. The number of carbonyl (C=O) groups is 1. The highest BCUT2D eigenvalue weighted by Crippen LogP contribution is 2.33. The monoisotopic (exact) mass is 224 g/mol. The van der Waals surface area contributed by atoms with Crippen molar-refractivity contribution in [1.82, 2.24) is 0 Å². The molecule has 2 nitrogen and oxygen atoms in total. The third-order valence-corrected chi connectivity index (χ3v) is 3.12. The third kappa shape index (κ3) is 2.53. The normalized spacial score (nSPS) is 11.2. The van der Waals surface area contributed by atoms with Gasteiger partial charge in [0.05, 0.1) is 7.11 Å². The Morgan fingerprint density at radius 2 is 2.07 bits per heavy atom. The molecule has 1 aromatic carbocycles. The molecule has 0 unspecified atom stereocenters. The molecule has 0 aromatic heterocycles. The van der Waals surface area contributed by atoms with Crippen molar-refractivity contribution < 1.29 is 9.53 Å². The van der Waals surface area contributed by atoms with Crippen molar-refractivity contribution in [3.8, 4) is 5.75 Å². The van der Waals surface area contributed by atoms with Crippen molar-refractivity contribution in [3.63, 3.8) is 0 Å². The summed E-state index contributed by atoms with van der Waals surface area (Å²) >= 11 is 1.66. The Balaban J connectivity index is 3.29. The molecule has 3 heteroatoms. The molecule has 0 aliphatic heterocycles. The zero-order chi connectivity index (χ0) is 11.5. The molecule has 0 radical (unpaired) electrons. The van der Waals surface area contributed by atoms with Crippen molar-refractivity contribution in [2.24, 2.45) is 0 Å². The molecule has 0 spiro atoms. The van der Waals surface area contributed by atoms with Gasteiger partial charge in [-0.3, -0.25) is 0 Å². The summed E-state index contributed by atoms with van der Waals surface area (Å²) in [6, 6.07) is 5.91. The lowest BCUT2D eigenvalue weighted by atomic mass is 9.86. The van der Waals surface area contributed by atoms with E-state index in [2.05, 4.69) is 0 Å². The first-order valence-electron chi connectivity index (χ1n) is 4.74. The summed E-state index contributed by atoms with van der Waals surface area (Å²) in [5, 5.41) is 0. The second kappa shape index (κ2) is 4.71. The van der Waals surface area contributed by atoms with Crippen LogP contribution in [-0.4, -0.2) is 19.7 Å². The molecule has 82 valence electrons. The molecule has 15 heavy (non-hydrogen) atoms. The Morgan fingerprint density at radius 1 is 1.40 bits per heavy atom. The highest BCUT2D eigenvalue weighted by Gasteiger charge is 2.23. The van der Waals surface area contributed by atoms with Gasteiger partial charge < -0.3 is 9.53 Å². The SMILES string of the molecule is COc1ccc(SC)cc1C(C)(C)C=O. The summed E-state index contributed by atoms with van der Waals surface area (Å²) in [6.07, 6.45) is 2.97. The minimum Gasteiger partial charge on any atom is -0.496 e. The highest BCUT2D eigenvalue weighted by atomic mass is 32.2. The van der Waals surface area contributed by atoms with E-state index >= 15 is 0 Å². The maximum Gasteiger partial charge on any atom is 0.130 e. The van der Waals surface area contributed by atoms with E-state index in [1.807, 2.05) is 38.3 Å². The molecule has 0 aliphatic rings. The quantitative estimate of drug-likeness (QED) is 0.581. The molecular weight excluding hydrogens is 208 g/mol. The molecule has 1 rings (SSSR count). The van der Waals surface area contributed by atoms with E-state index in [-0.39, 0.29) is 0 Å². The van der Waals surface area contributed by atoms with Gasteiger partial charge in [-0.15, -0.1) is 11.8 Å². The Morgan fingerprint density at radius 3 is 2.53 bits per heavy atom. The van der Waals surface area contributed by atoms with Crippen LogP contribution in [0.4, 0.5) is 0 Å². The maximum absolute atomic E-state index is 11.0. The molecule has 0 atom stereocenters. The van der Waals surface area contributed by atoms with Crippen molar-refractivity contribution >= 4 is 18.0 Å². The van der Waals surface area contributed by atoms with Crippen LogP contribution in [-0.2, 0) is 10.2 Å². The van der Waals surface area contributed by atoms with Gasteiger partial charge in [0.2, 0.25) is 0 Å². The van der Waals surface area contributed by atoms with Gasteiger partial charge in [-0.2, -0.15) is 0 Å². The summed E-state index contributed by atoms with van der Waals surface area (Å²) in [5.41, 5.74) is 0.434. The summed E-state index contributed by atoms with van der Waals surface area (Å²) in [4.78, 5) is 12.2. The van der Waals surface area contributed by atoms with Gasteiger partial charge in [0.1, 0.15) is 12.0 Å². The zero-order valence-corrected chi connectivity index (χ0v) is 10.4. The smallest absolute Gasteiger partial charge is 0.130 e. The summed E-state index contributed by atoms with van der Waals surface area (Å²) < 4.78 is 5.26.